The number of carbonyl (C=O) groups excluding carboxylic acids is 4. The van der Waals surface area contributed by atoms with Crippen LogP contribution in [0, 0.1) is 5.92 Å². The Morgan fingerprint density at radius 3 is 2.58 bits per heavy atom. The Bertz CT molecular complexity index is 1250. The highest BCUT2D eigenvalue weighted by Gasteiger charge is 2.52. The Balaban J connectivity index is 1.41. The van der Waals surface area contributed by atoms with Crippen LogP contribution in [-0.2, 0) is 25.7 Å². The number of fused-ring (bicyclic) bond motifs is 1. The van der Waals surface area contributed by atoms with Gasteiger partial charge in [0, 0.05) is 28.8 Å². The molecule has 0 unspecified atom stereocenters. The summed E-state index contributed by atoms with van der Waals surface area (Å²) in [4.78, 5) is 62.6. The second-order valence-electron chi connectivity index (χ2n) is 9.06. The molecule has 1 aromatic carbocycles. The third-order valence-corrected chi connectivity index (χ3v) is 6.81. The third-order valence-electron chi connectivity index (χ3n) is 6.81. The van der Waals surface area contributed by atoms with Gasteiger partial charge in [0.2, 0.25) is 0 Å². The molecular weight excluding hydrogens is 470 g/mol. The van der Waals surface area contributed by atoms with Crippen molar-refractivity contribution in [2.75, 3.05) is 18.5 Å². The number of amides is 4. The van der Waals surface area contributed by atoms with Gasteiger partial charge in [-0.15, -0.1) is 0 Å². The van der Waals surface area contributed by atoms with Gasteiger partial charge in [0.15, 0.2) is 0 Å². The zero-order valence-electron chi connectivity index (χ0n) is 20.3. The fourth-order valence-electron chi connectivity index (χ4n) is 4.78. The number of nitrogens with one attached hydrogen (secondary N) is 2. The van der Waals surface area contributed by atoms with Gasteiger partial charge in [0.05, 0.1) is 6.61 Å². The normalized spacial score (nSPS) is 21.5. The smallest absolute Gasteiger partial charge is 0.411 e. The Hall–Kier alpha value is -3.89. The van der Waals surface area contributed by atoms with Crippen LogP contribution in [0.1, 0.15) is 51.5 Å². The largest absolute Gasteiger partial charge is 0.459 e. The molecule has 2 aliphatic rings. The number of hydrogen-bond acceptors (Lipinski definition) is 8. The Kier molecular flexibility index (Phi) is 7.27. The number of rotatable bonds is 7. The molecule has 1 spiro atoms. The molecule has 4 rings (SSSR count). The summed E-state index contributed by atoms with van der Waals surface area (Å²) >= 11 is 0. The first kappa shape index (κ1) is 25.2. The van der Waals surface area contributed by atoms with Crippen LogP contribution in [-0.4, -0.2) is 47.6 Å². The Labute approximate surface area is 207 Å². The molecule has 1 aliphatic carbocycles. The maximum atomic E-state index is 13.0. The number of imide groups is 1. The molecule has 2 N–H and O–H groups in total. The minimum Gasteiger partial charge on any atom is -0.459 e. The van der Waals surface area contributed by atoms with Crippen LogP contribution < -0.4 is 16.3 Å². The van der Waals surface area contributed by atoms with Crippen molar-refractivity contribution < 1.29 is 33.1 Å². The fourth-order valence-corrected chi connectivity index (χ4v) is 4.78. The maximum Gasteiger partial charge on any atom is 0.411 e. The van der Waals surface area contributed by atoms with Crippen molar-refractivity contribution in [3.63, 3.8) is 0 Å². The lowest BCUT2D eigenvalue weighted by atomic mass is 9.75. The summed E-state index contributed by atoms with van der Waals surface area (Å²) in [5.41, 5.74) is -0.683. The van der Waals surface area contributed by atoms with E-state index in [0.29, 0.717) is 35.4 Å². The average Bonchev–Trinajstić information content (AvgIpc) is 3.06. The summed E-state index contributed by atoms with van der Waals surface area (Å²) in [5, 5.41) is 5.81. The average molecular weight is 500 g/mol. The molecule has 0 atom stereocenters. The van der Waals surface area contributed by atoms with Gasteiger partial charge in [-0.25, -0.2) is 14.4 Å². The van der Waals surface area contributed by atoms with Crippen molar-refractivity contribution in [1.82, 2.24) is 10.2 Å². The van der Waals surface area contributed by atoms with Crippen molar-refractivity contribution in [1.29, 1.82) is 0 Å². The number of carbonyl (C=O) groups is 4. The summed E-state index contributed by atoms with van der Waals surface area (Å²) in [6.45, 7) is 3.21. The van der Waals surface area contributed by atoms with Crippen LogP contribution in [0.4, 0.5) is 15.3 Å². The van der Waals surface area contributed by atoms with Crippen LogP contribution in [0.3, 0.4) is 0 Å². The van der Waals surface area contributed by atoms with E-state index in [1.165, 1.54) is 12.1 Å². The lowest BCUT2D eigenvalue weighted by molar-refractivity contribution is -0.149. The molecule has 0 bridgehead atoms. The van der Waals surface area contributed by atoms with Gasteiger partial charge in [0.25, 0.3) is 5.91 Å². The molecule has 1 saturated heterocycles. The number of benzene rings is 1. The second-order valence-corrected chi connectivity index (χ2v) is 9.06. The van der Waals surface area contributed by atoms with Crippen LogP contribution in [0.15, 0.2) is 33.5 Å². The van der Waals surface area contributed by atoms with E-state index in [2.05, 4.69) is 17.6 Å². The van der Waals surface area contributed by atoms with Gasteiger partial charge >= 0.3 is 23.7 Å². The van der Waals surface area contributed by atoms with E-state index in [1.807, 2.05) is 0 Å². The van der Waals surface area contributed by atoms with Crippen LogP contribution in [0.5, 0.6) is 0 Å². The zero-order valence-corrected chi connectivity index (χ0v) is 20.3. The van der Waals surface area contributed by atoms with E-state index in [4.69, 9.17) is 13.9 Å². The van der Waals surface area contributed by atoms with Crippen molar-refractivity contribution in [2.24, 2.45) is 5.92 Å². The predicted octanol–water partition coefficient (Wildman–Crippen LogP) is 3.30. The third kappa shape index (κ3) is 5.19. The lowest BCUT2D eigenvalue weighted by Crippen LogP contribution is -2.49. The Morgan fingerprint density at radius 1 is 1.14 bits per heavy atom. The van der Waals surface area contributed by atoms with Crippen LogP contribution in [0.25, 0.3) is 11.0 Å². The monoisotopic (exact) mass is 499 g/mol. The maximum absolute atomic E-state index is 13.0. The van der Waals surface area contributed by atoms with Crippen molar-refractivity contribution >= 4 is 40.7 Å². The molecule has 2 aromatic rings. The lowest BCUT2D eigenvalue weighted by Gasteiger charge is -2.34. The second kappa shape index (κ2) is 10.4. The van der Waals surface area contributed by atoms with Gasteiger partial charge in [-0.05, 0) is 50.7 Å². The summed E-state index contributed by atoms with van der Waals surface area (Å²) < 4.78 is 15.3. The van der Waals surface area contributed by atoms with Gasteiger partial charge in [-0.2, -0.15) is 0 Å². The number of ether oxygens (including phenoxy) is 2. The number of esters is 1. The van der Waals surface area contributed by atoms with Crippen LogP contribution in [0.2, 0.25) is 0 Å². The molecule has 1 aliphatic heterocycles. The van der Waals surface area contributed by atoms with Crippen molar-refractivity contribution in [3.8, 4) is 0 Å². The molecule has 0 radical (unpaired) electrons. The molecule has 1 aromatic heterocycles. The van der Waals surface area contributed by atoms with E-state index in [-0.39, 0.29) is 18.8 Å². The highest BCUT2D eigenvalue weighted by atomic mass is 16.5. The van der Waals surface area contributed by atoms with Gasteiger partial charge in [-0.1, -0.05) is 13.3 Å². The molecule has 11 heteroatoms. The van der Waals surface area contributed by atoms with Crippen molar-refractivity contribution in [3.05, 3.63) is 40.2 Å². The van der Waals surface area contributed by atoms with Gasteiger partial charge in [-0.3, -0.25) is 19.8 Å². The molecular formula is C25H29N3O8. The summed E-state index contributed by atoms with van der Waals surface area (Å²) in [5.74, 6) is -0.638. The predicted molar refractivity (Wildman–Crippen MR) is 128 cm³/mol. The Morgan fingerprint density at radius 2 is 1.89 bits per heavy atom. The number of hydrogen-bond donors (Lipinski definition) is 2. The van der Waals surface area contributed by atoms with E-state index < -0.39 is 41.7 Å². The van der Waals surface area contributed by atoms with Crippen LogP contribution >= 0.6 is 0 Å². The molecule has 1 saturated carbocycles. The molecule has 2 fully saturated rings. The number of anilines is 1. The van der Waals surface area contributed by atoms with E-state index in [9.17, 15) is 24.0 Å². The fraction of sp³-hybridized carbons (Fsp3) is 0.480. The standard InChI is InChI=1S/C25H29N3O8/c1-3-15-7-9-25(10-8-15)22(31)28(23(32)27-25)13-21(30)35-14-16-11-20(29)36-19-12-17(5-6-18(16)19)26-24(33)34-4-2/h5-6,11-12,15H,3-4,7-10,13-14H2,1-2H3,(H,26,33)(H,27,32). The summed E-state index contributed by atoms with van der Waals surface area (Å²) in [6.07, 6.45) is 3.19. The molecule has 11 nitrogen and oxygen atoms in total. The van der Waals surface area contributed by atoms with Gasteiger partial charge < -0.3 is 19.2 Å². The first-order valence-corrected chi connectivity index (χ1v) is 12.0. The zero-order chi connectivity index (χ0) is 25.9. The summed E-state index contributed by atoms with van der Waals surface area (Å²) in [6, 6.07) is 5.25. The quantitative estimate of drug-likeness (QED) is 0.335. The highest BCUT2D eigenvalue weighted by molar-refractivity contribution is 6.08. The first-order chi connectivity index (χ1) is 17.2. The van der Waals surface area contributed by atoms with E-state index in [0.717, 1.165) is 24.2 Å². The van der Waals surface area contributed by atoms with Crippen molar-refractivity contribution in [2.45, 2.75) is 58.1 Å². The molecule has 36 heavy (non-hydrogen) atoms. The highest BCUT2D eigenvalue weighted by Crippen LogP contribution is 2.37. The topological polar surface area (TPSA) is 144 Å². The number of nitrogens with zero attached hydrogens (tertiary/aromatic N) is 1. The molecule has 4 amide bonds. The first-order valence-electron chi connectivity index (χ1n) is 12.0. The molecule has 2 heterocycles. The summed E-state index contributed by atoms with van der Waals surface area (Å²) in [7, 11) is 0. The number of urea groups is 1. The SMILES string of the molecule is CCOC(=O)Nc1ccc2c(COC(=O)CN3C(=O)NC4(CCC(CC)CC4)C3=O)cc(=O)oc2c1. The molecule has 192 valence electrons. The van der Waals surface area contributed by atoms with E-state index in [1.54, 1.807) is 19.1 Å². The minimum atomic E-state index is -0.938. The van der Waals surface area contributed by atoms with E-state index >= 15 is 0 Å². The van der Waals surface area contributed by atoms with Gasteiger partial charge in [0.1, 0.15) is 24.3 Å². The minimum absolute atomic E-state index is 0.182.